The Bertz CT molecular complexity index is 3020. The van der Waals surface area contributed by atoms with Crippen LogP contribution in [0.1, 0.15) is 0 Å². The summed E-state index contributed by atoms with van der Waals surface area (Å²) in [4.78, 5) is 12.8. The number of hydrogen-bond donors (Lipinski definition) is 0. The van der Waals surface area contributed by atoms with Gasteiger partial charge in [-0.1, -0.05) is 24.3 Å². The SMILES string of the molecule is c1cc2c(ccc3c4cc(-c5nc6cc7cc8sc(-c9cc%10c(ccc%11c%12ccsc%12ccc%10%11)s9)nc8cc7cc6s5)sc4ccc23)s1. The van der Waals surface area contributed by atoms with Gasteiger partial charge in [0, 0.05) is 40.3 Å². The van der Waals surface area contributed by atoms with Gasteiger partial charge in [-0.15, -0.1) is 68.0 Å². The molecule has 2 nitrogen and oxygen atoms in total. The van der Waals surface area contributed by atoms with Crippen LogP contribution in [0.5, 0.6) is 0 Å². The Kier molecular flexibility index (Phi) is 5.36. The standard InChI is InChI=1S/C40H18N2S6/c1-5-31-25(9-11-43-31)21-3-7-33-27(23(1)21)17-37(45-33)39-41-29-13-19-16-36-30(14-20(19)15-35(29)47-39)42-40(48-36)38-18-28-24-2-6-32-26(10-12-44-32)22(24)4-8-34(28)46-38/h1-18H. The van der Waals surface area contributed by atoms with Crippen LogP contribution >= 0.6 is 68.0 Å². The maximum absolute atomic E-state index is 5.17. The third-order valence-electron chi connectivity index (χ3n) is 9.53. The number of rotatable bonds is 2. The molecule has 0 spiro atoms. The van der Waals surface area contributed by atoms with Gasteiger partial charge in [0.25, 0.3) is 0 Å². The normalized spacial score (nSPS) is 12.6. The summed E-state index contributed by atoms with van der Waals surface area (Å²) < 4.78 is 7.73. The molecule has 0 aliphatic carbocycles. The van der Waals surface area contributed by atoms with Crippen LogP contribution in [0, 0.1) is 0 Å². The molecule has 6 aromatic carbocycles. The first-order valence-corrected chi connectivity index (χ1v) is 20.5. The van der Waals surface area contributed by atoms with Crippen molar-refractivity contribution in [1.82, 2.24) is 9.97 Å². The van der Waals surface area contributed by atoms with E-state index in [1.165, 1.54) is 91.8 Å². The van der Waals surface area contributed by atoms with E-state index in [0.29, 0.717) is 0 Å². The Balaban J connectivity index is 0.949. The van der Waals surface area contributed by atoms with E-state index in [4.69, 9.17) is 9.97 Å². The first-order valence-electron chi connectivity index (χ1n) is 15.5. The fraction of sp³-hybridized carbons (Fsp3) is 0. The molecule has 0 fully saturated rings. The van der Waals surface area contributed by atoms with E-state index >= 15 is 0 Å². The topological polar surface area (TPSA) is 25.8 Å². The van der Waals surface area contributed by atoms with Crippen LogP contribution in [0.15, 0.2) is 108 Å². The average Bonchev–Trinajstić information content (AvgIpc) is 3.94. The second-order valence-electron chi connectivity index (χ2n) is 12.2. The molecule has 6 heterocycles. The fourth-order valence-electron chi connectivity index (χ4n) is 7.28. The minimum atomic E-state index is 1.06. The summed E-state index contributed by atoms with van der Waals surface area (Å²) in [6.07, 6.45) is 0. The van der Waals surface area contributed by atoms with Gasteiger partial charge in [0.2, 0.25) is 0 Å². The van der Waals surface area contributed by atoms with Gasteiger partial charge in [-0.2, -0.15) is 0 Å². The van der Waals surface area contributed by atoms with Gasteiger partial charge < -0.3 is 0 Å². The molecular weight excluding hydrogens is 701 g/mol. The van der Waals surface area contributed by atoms with Crippen molar-refractivity contribution in [2.24, 2.45) is 0 Å². The second-order valence-corrected chi connectivity index (χ2v) is 18.3. The molecule has 12 aromatic rings. The van der Waals surface area contributed by atoms with E-state index in [-0.39, 0.29) is 0 Å². The summed E-state index contributed by atoms with van der Waals surface area (Å²) in [6.45, 7) is 0. The largest absolute Gasteiger partial charge is 0.235 e. The van der Waals surface area contributed by atoms with Gasteiger partial charge in [-0.25, -0.2) is 9.97 Å². The third-order valence-corrected chi connectivity index (χ3v) is 15.9. The van der Waals surface area contributed by atoms with Crippen molar-refractivity contribution in [3.05, 3.63) is 108 Å². The summed E-state index contributed by atoms with van der Waals surface area (Å²) in [5.41, 5.74) is 2.12. The van der Waals surface area contributed by atoms with E-state index in [1.54, 1.807) is 45.3 Å². The molecule has 0 bridgehead atoms. The molecule has 6 aromatic heterocycles. The molecule has 48 heavy (non-hydrogen) atoms. The number of nitrogens with zero attached hydrogens (tertiary/aromatic N) is 2. The summed E-state index contributed by atoms with van der Waals surface area (Å²) in [7, 11) is 0. The van der Waals surface area contributed by atoms with Crippen molar-refractivity contribution in [2.45, 2.75) is 0 Å². The van der Waals surface area contributed by atoms with Crippen molar-refractivity contribution in [3.63, 3.8) is 0 Å². The summed E-state index contributed by atoms with van der Waals surface area (Å²) >= 11 is 10.9. The van der Waals surface area contributed by atoms with E-state index in [9.17, 15) is 0 Å². The Morgan fingerprint density at radius 2 is 0.771 bits per heavy atom. The lowest BCUT2D eigenvalue weighted by Gasteiger charge is -2.01. The van der Waals surface area contributed by atoms with Gasteiger partial charge >= 0.3 is 0 Å². The lowest BCUT2D eigenvalue weighted by molar-refractivity contribution is 1.50. The summed E-state index contributed by atoms with van der Waals surface area (Å²) in [5.74, 6) is 0. The molecule has 12 rings (SSSR count). The van der Waals surface area contributed by atoms with Gasteiger partial charge in [0.15, 0.2) is 0 Å². The molecular formula is C40H18N2S6. The van der Waals surface area contributed by atoms with Gasteiger partial charge in [-0.3, -0.25) is 0 Å². The van der Waals surface area contributed by atoms with Crippen LogP contribution in [0.2, 0.25) is 0 Å². The highest BCUT2D eigenvalue weighted by molar-refractivity contribution is 7.29. The molecule has 0 atom stereocenters. The molecule has 0 radical (unpaired) electrons. The molecule has 224 valence electrons. The lowest BCUT2D eigenvalue weighted by atomic mass is 10.0. The lowest BCUT2D eigenvalue weighted by Crippen LogP contribution is -1.76. The van der Waals surface area contributed by atoms with Crippen LogP contribution in [0.4, 0.5) is 0 Å². The minimum Gasteiger partial charge on any atom is -0.235 e. The van der Waals surface area contributed by atoms with Crippen LogP contribution < -0.4 is 0 Å². The van der Waals surface area contributed by atoms with Gasteiger partial charge in [0.05, 0.1) is 30.2 Å². The zero-order chi connectivity index (χ0) is 31.1. The number of fused-ring (bicyclic) bond motifs is 13. The van der Waals surface area contributed by atoms with E-state index in [2.05, 4.69) is 108 Å². The number of thiazole rings is 2. The molecule has 0 saturated heterocycles. The molecule has 0 aliphatic heterocycles. The van der Waals surface area contributed by atoms with E-state index in [0.717, 1.165) is 21.0 Å². The number of aromatic nitrogens is 2. The van der Waals surface area contributed by atoms with Crippen molar-refractivity contribution in [1.29, 1.82) is 0 Å². The number of benzene rings is 6. The third kappa shape index (κ3) is 3.76. The highest BCUT2D eigenvalue weighted by atomic mass is 32.1. The van der Waals surface area contributed by atoms with Crippen molar-refractivity contribution < 1.29 is 0 Å². The molecule has 0 aliphatic rings. The molecule has 0 saturated carbocycles. The first-order chi connectivity index (χ1) is 23.7. The van der Waals surface area contributed by atoms with Crippen LogP contribution in [0.25, 0.3) is 113 Å². The molecule has 0 amide bonds. The van der Waals surface area contributed by atoms with Crippen molar-refractivity contribution in [3.8, 4) is 19.8 Å². The van der Waals surface area contributed by atoms with E-state index < -0.39 is 0 Å². The quantitative estimate of drug-likeness (QED) is 0.178. The van der Waals surface area contributed by atoms with E-state index in [1.807, 2.05) is 22.7 Å². The Morgan fingerprint density at radius 1 is 0.333 bits per heavy atom. The average molecular weight is 719 g/mol. The monoisotopic (exact) mass is 718 g/mol. The zero-order valence-electron chi connectivity index (χ0n) is 24.7. The second kappa shape index (κ2) is 9.66. The first kappa shape index (κ1) is 26.6. The van der Waals surface area contributed by atoms with Gasteiger partial charge in [0.1, 0.15) is 10.0 Å². The summed E-state index contributed by atoms with van der Waals surface area (Å²) in [5, 5.41) is 19.6. The number of hydrogen-bond acceptors (Lipinski definition) is 8. The highest BCUT2D eigenvalue weighted by Crippen LogP contribution is 2.45. The zero-order valence-corrected chi connectivity index (χ0v) is 29.6. The Hall–Kier alpha value is -4.28. The van der Waals surface area contributed by atoms with Crippen LogP contribution in [-0.2, 0) is 0 Å². The molecule has 0 unspecified atom stereocenters. The van der Waals surface area contributed by atoms with Crippen molar-refractivity contribution >= 4 is 161 Å². The minimum absolute atomic E-state index is 1.06. The predicted molar refractivity (Wildman–Crippen MR) is 218 cm³/mol. The van der Waals surface area contributed by atoms with Gasteiger partial charge in [-0.05, 0) is 116 Å². The highest BCUT2D eigenvalue weighted by Gasteiger charge is 2.16. The molecule has 0 N–H and O–H groups in total. The Morgan fingerprint density at radius 3 is 1.25 bits per heavy atom. The molecule has 8 heteroatoms. The maximum Gasteiger partial charge on any atom is 0.134 e. The predicted octanol–water partition coefficient (Wildman–Crippen LogP) is 14.6. The maximum atomic E-state index is 5.17. The smallest absolute Gasteiger partial charge is 0.134 e. The summed E-state index contributed by atoms with van der Waals surface area (Å²) in [6, 6.07) is 36.5. The van der Waals surface area contributed by atoms with Crippen LogP contribution in [-0.4, -0.2) is 9.97 Å². The Labute approximate surface area is 296 Å². The number of thiophene rings is 4. The fourth-order valence-corrected chi connectivity index (χ4v) is 13.1. The van der Waals surface area contributed by atoms with Crippen molar-refractivity contribution in [2.75, 3.05) is 0 Å². The van der Waals surface area contributed by atoms with Crippen LogP contribution in [0.3, 0.4) is 0 Å².